The van der Waals surface area contributed by atoms with E-state index in [1.807, 2.05) is 0 Å². The average Bonchev–Trinajstić information content (AvgIpc) is 3.07. The Labute approximate surface area is 122 Å². The van der Waals surface area contributed by atoms with Crippen LogP contribution in [0.5, 0.6) is 11.5 Å². The maximum absolute atomic E-state index is 13.2. The normalized spacial score (nSPS) is 18.5. The van der Waals surface area contributed by atoms with E-state index >= 15 is 0 Å². The number of nitrogens with zero attached hydrogens (tertiary/aromatic N) is 2. The van der Waals surface area contributed by atoms with Crippen LogP contribution in [0.4, 0.5) is 8.78 Å². The quantitative estimate of drug-likeness (QED) is 0.944. The SMILES string of the molecule is O=C(O)c1cc(-n2cnc(C3CC3)c2)cc2c1OC(F)(F)O2. The molecule has 4 rings (SSSR count). The van der Waals surface area contributed by atoms with E-state index in [9.17, 15) is 18.7 Å². The molecule has 1 aromatic heterocycles. The van der Waals surface area contributed by atoms with Gasteiger partial charge in [0.15, 0.2) is 11.5 Å². The van der Waals surface area contributed by atoms with Gasteiger partial charge in [-0.15, -0.1) is 8.78 Å². The fourth-order valence-corrected chi connectivity index (χ4v) is 2.41. The molecule has 1 saturated carbocycles. The molecule has 1 aliphatic carbocycles. The number of ether oxygens (including phenoxy) is 2. The molecule has 1 N–H and O–H groups in total. The predicted molar refractivity (Wildman–Crippen MR) is 68.7 cm³/mol. The van der Waals surface area contributed by atoms with Crippen molar-refractivity contribution in [1.82, 2.24) is 9.55 Å². The molecule has 6 nitrogen and oxygen atoms in total. The fourth-order valence-electron chi connectivity index (χ4n) is 2.41. The van der Waals surface area contributed by atoms with Gasteiger partial charge in [-0.2, -0.15) is 0 Å². The van der Waals surface area contributed by atoms with Gasteiger partial charge in [-0.1, -0.05) is 0 Å². The minimum Gasteiger partial charge on any atom is -0.478 e. The number of alkyl halides is 2. The Hall–Kier alpha value is -2.64. The smallest absolute Gasteiger partial charge is 0.478 e. The molecule has 2 aliphatic rings. The number of aromatic carboxylic acids is 1. The summed E-state index contributed by atoms with van der Waals surface area (Å²) in [6.07, 6.45) is 1.57. The van der Waals surface area contributed by atoms with E-state index < -0.39 is 18.0 Å². The number of carbonyl (C=O) groups is 1. The largest absolute Gasteiger partial charge is 0.586 e. The third kappa shape index (κ3) is 2.07. The van der Waals surface area contributed by atoms with Crippen LogP contribution in [0, 0.1) is 0 Å². The molecule has 0 unspecified atom stereocenters. The summed E-state index contributed by atoms with van der Waals surface area (Å²) >= 11 is 0. The molecule has 22 heavy (non-hydrogen) atoms. The second-order valence-electron chi connectivity index (χ2n) is 5.27. The number of hydrogen-bond acceptors (Lipinski definition) is 4. The van der Waals surface area contributed by atoms with Crippen molar-refractivity contribution >= 4 is 5.97 Å². The van der Waals surface area contributed by atoms with Crippen LogP contribution in [0.2, 0.25) is 0 Å². The van der Waals surface area contributed by atoms with E-state index in [1.54, 1.807) is 10.8 Å². The van der Waals surface area contributed by atoms with Gasteiger partial charge < -0.3 is 19.1 Å². The van der Waals surface area contributed by atoms with Crippen molar-refractivity contribution < 1.29 is 28.2 Å². The van der Waals surface area contributed by atoms with E-state index in [1.165, 1.54) is 18.5 Å². The Bertz CT molecular complexity index is 783. The van der Waals surface area contributed by atoms with Gasteiger partial charge in [0.1, 0.15) is 5.56 Å². The van der Waals surface area contributed by atoms with Gasteiger partial charge in [0.25, 0.3) is 0 Å². The molecule has 1 aromatic carbocycles. The Morgan fingerprint density at radius 3 is 2.82 bits per heavy atom. The molecule has 2 heterocycles. The lowest BCUT2D eigenvalue weighted by Gasteiger charge is -2.06. The first-order chi connectivity index (χ1) is 10.4. The van der Waals surface area contributed by atoms with E-state index in [-0.39, 0.29) is 11.3 Å². The third-order valence-corrected chi connectivity index (χ3v) is 3.62. The van der Waals surface area contributed by atoms with E-state index in [4.69, 9.17) is 0 Å². The molecule has 0 amide bonds. The topological polar surface area (TPSA) is 73.6 Å². The number of aromatic nitrogens is 2. The van der Waals surface area contributed by atoms with Crippen molar-refractivity contribution in [2.24, 2.45) is 0 Å². The maximum atomic E-state index is 13.2. The van der Waals surface area contributed by atoms with Crippen molar-refractivity contribution in [3.63, 3.8) is 0 Å². The first-order valence-electron chi connectivity index (χ1n) is 6.64. The van der Waals surface area contributed by atoms with Crippen molar-refractivity contribution in [2.75, 3.05) is 0 Å². The van der Waals surface area contributed by atoms with Gasteiger partial charge in [-0.3, -0.25) is 0 Å². The number of fused-ring (bicyclic) bond motifs is 1. The molecule has 8 heteroatoms. The highest BCUT2D eigenvalue weighted by atomic mass is 19.3. The standard InChI is InChI=1S/C14H10F2N2O4/c15-14(16)21-11-4-8(3-9(13(19)20)12(11)22-14)18-5-10(17-6-18)7-1-2-7/h3-7H,1-2H2,(H,19,20). The zero-order valence-electron chi connectivity index (χ0n) is 11.1. The summed E-state index contributed by atoms with van der Waals surface area (Å²) < 4.78 is 36.6. The Kier molecular flexibility index (Phi) is 2.48. The molecule has 0 spiro atoms. The van der Waals surface area contributed by atoms with Gasteiger partial charge in [0.05, 0.1) is 17.7 Å². The number of hydrogen-bond donors (Lipinski definition) is 1. The average molecular weight is 308 g/mol. The summed E-state index contributed by atoms with van der Waals surface area (Å²) in [6, 6.07) is 2.56. The lowest BCUT2D eigenvalue weighted by atomic mass is 10.1. The van der Waals surface area contributed by atoms with Crippen molar-refractivity contribution in [2.45, 2.75) is 25.1 Å². The molecule has 2 aromatic rings. The summed E-state index contributed by atoms with van der Waals surface area (Å²) in [6.45, 7) is 0. The number of carboxylic acid groups (broad SMARTS) is 1. The van der Waals surface area contributed by atoms with Crippen molar-refractivity contribution in [1.29, 1.82) is 0 Å². The Morgan fingerprint density at radius 1 is 1.36 bits per heavy atom. The van der Waals surface area contributed by atoms with E-state index in [0.717, 1.165) is 18.5 Å². The van der Waals surface area contributed by atoms with Crippen LogP contribution in [0.1, 0.15) is 34.8 Å². The molecule has 1 aliphatic heterocycles. The molecule has 1 fully saturated rings. The van der Waals surface area contributed by atoms with Crippen LogP contribution >= 0.6 is 0 Å². The van der Waals surface area contributed by atoms with Gasteiger partial charge in [0, 0.05) is 18.2 Å². The maximum Gasteiger partial charge on any atom is 0.586 e. The zero-order chi connectivity index (χ0) is 15.5. The van der Waals surface area contributed by atoms with Crippen LogP contribution in [0.3, 0.4) is 0 Å². The molecule has 0 saturated heterocycles. The van der Waals surface area contributed by atoms with Crippen LogP contribution in [-0.4, -0.2) is 26.9 Å². The Balaban J connectivity index is 1.80. The van der Waals surface area contributed by atoms with Gasteiger partial charge in [-0.25, -0.2) is 9.78 Å². The predicted octanol–water partition coefficient (Wildman–Crippen LogP) is 2.77. The molecule has 0 atom stereocenters. The highest BCUT2D eigenvalue weighted by Gasteiger charge is 2.45. The summed E-state index contributed by atoms with van der Waals surface area (Å²) in [5, 5.41) is 9.19. The van der Waals surface area contributed by atoms with Gasteiger partial charge in [-0.05, 0) is 18.9 Å². The van der Waals surface area contributed by atoms with Gasteiger partial charge >= 0.3 is 12.3 Å². The number of imidazole rings is 1. The first-order valence-corrected chi connectivity index (χ1v) is 6.64. The Morgan fingerprint density at radius 2 is 2.14 bits per heavy atom. The molecular weight excluding hydrogens is 298 g/mol. The molecule has 0 radical (unpaired) electrons. The summed E-state index contributed by atoms with van der Waals surface area (Å²) in [4.78, 5) is 15.5. The monoisotopic (exact) mass is 308 g/mol. The van der Waals surface area contributed by atoms with E-state index in [0.29, 0.717) is 11.6 Å². The highest BCUT2D eigenvalue weighted by Crippen LogP contribution is 2.45. The second-order valence-corrected chi connectivity index (χ2v) is 5.27. The van der Waals surface area contributed by atoms with Crippen LogP contribution in [0.25, 0.3) is 5.69 Å². The number of rotatable bonds is 3. The lowest BCUT2D eigenvalue weighted by Crippen LogP contribution is -2.26. The summed E-state index contributed by atoms with van der Waals surface area (Å²) in [5.41, 5.74) is 0.892. The number of benzene rings is 1. The zero-order valence-corrected chi connectivity index (χ0v) is 11.1. The number of carboxylic acids is 1. The second kappa shape index (κ2) is 4.19. The minimum atomic E-state index is -3.86. The van der Waals surface area contributed by atoms with Crippen molar-refractivity contribution in [3.05, 3.63) is 35.9 Å². The first kappa shape index (κ1) is 13.1. The van der Waals surface area contributed by atoms with E-state index in [2.05, 4.69) is 14.5 Å². The molecule has 114 valence electrons. The third-order valence-electron chi connectivity index (χ3n) is 3.62. The van der Waals surface area contributed by atoms with Crippen LogP contribution < -0.4 is 9.47 Å². The molecule has 0 bridgehead atoms. The molecular formula is C14H10F2N2O4. The van der Waals surface area contributed by atoms with Gasteiger partial charge in [0.2, 0.25) is 0 Å². The van der Waals surface area contributed by atoms with Crippen LogP contribution in [0.15, 0.2) is 24.7 Å². The highest BCUT2D eigenvalue weighted by molar-refractivity contribution is 5.93. The summed E-state index contributed by atoms with van der Waals surface area (Å²) in [5.74, 6) is -1.72. The minimum absolute atomic E-state index is 0.304. The summed E-state index contributed by atoms with van der Waals surface area (Å²) in [7, 11) is 0. The fraction of sp³-hybridized carbons (Fsp3) is 0.286. The van der Waals surface area contributed by atoms with Crippen LogP contribution in [-0.2, 0) is 0 Å². The van der Waals surface area contributed by atoms with Crippen molar-refractivity contribution in [3.8, 4) is 17.2 Å². The lowest BCUT2D eigenvalue weighted by molar-refractivity contribution is -0.286. The number of halogens is 2.